The SMILES string of the molecule is CCOc1ccc(C2=NN3C(C2)c2ccccc2OC3c2ccccc2OCC)cc1. The second-order valence-electron chi connectivity index (χ2n) is 7.58. The van der Waals surface area contributed by atoms with Crippen molar-refractivity contribution in [1.29, 1.82) is 0 Å². The van der Waals surface area contributed by atoms with Gasteiger partial charge in [-0.05, 0) is 61.9 Å². The van der Waals surface area contributed by atoms with Crippen molar-refractivity contribution in [2.24, 2.45) is 5.10 Å². The van der Waals surface area contributed by atoms with Gasteiger partial charge >= 0.3 is 0 Å². The monoisotopic (exact) mass is 414 g/mol. The lowest BCUT2D eigenvalue weighted by Crippen LogP contribution is -2.34. The van der Waals surface area contributed by atoms with E-state index in [2.05, 4.69) is 35.3 Å². The lowest BCUT2D eigenvalue weighted by atomic mass is 9.96. The van der Waals surface area contributed by atoms with Gasteiger partial charge in [0.15, 0.2) is 0 Å². The fraction of sp³-hybridized carbons (Fsp3) is 0.269. The Hall–Kier alpha value is -3.47. The molecule has 0 bridgehead atoms. The molecule has 5 rings (SSSR count). The number of ether oxygens (including phenoxy) is 3. The highest BCUT2D eigenvalue weighted by Gasteiger charge is 2.41. The molecule has 0 saturated heterocycles. The molecule has 0 radical (unpaired) electrons. The first-order valence-corrected chi connectivity index (χ1v) is 10.8. The summed E-state index contributed by atoms with van der Waals surface area (Å²) in [4.78, 5) is 0. The van der Waals surface area contributed by atoms with E-state index >= 15 is 0 Å². The highest BCUT2D eigenvalue weighted by Crippen LogP contribution is 2.48. The van der Waals surface area contributed by atoms with Gasteiger partial charge in [-0.25, -0.2) is 5.01 Å². The summed E-state index contributed by atoms with van der Waals surface area (Å²) in [5, 5.41) is 7.13. The third kappa shape index (κ3) is 3.61. The van der Waals surface area contributed by atoms with Gasteiger partial charge in [0.1, 0.15) is 17.2 Å². The fourth-order valence-electron chi connectivity index (χ4n) is 4.30. The molecular formula is C26H26N2O3. The second-order valence-corrected chi connectivity index (χ2v) is 7.58. The molecule has 0 amide bonds. The average Bonchev–Trinajstić information content (AvgIpc) is 3.26. The van der Waals surface area contributed by atoms with E-state index in [9.17, 15) is 0 Å². The zero-order valence-electron chi connectivity index (χ0n) is 17.8. The van der Waals surface area contributed by atoms with Gasteiger partial charge in [-0.3, -0.25) is 0 Å². The van der Waals surface area contributed by atoms with E-state index in [0.717, 1.165) is 46.1 Å². The van der Waals surface area contributed by atoms with E-state index < -0.39 is 0 Å². The number of para-hydroxylation sites is 2. The van der Waals surface area contributed by atoms with Crippen LogP contribution in [-0.2, 0) is 0 Å². The summed E-state index contributed by atoms with van der Waals surface area (Å²) in [6, 6.07) is 24.6. The Morgan fingerprint density at radius 3 is 2.35 bits per heavy atom. The molecule has 2 atom stereocenters. The van der Waals surface area contributed by atoms with Crippen LogP contribution < -0.4 is 14.2 Å². The quantitative estimate of drug-likeness (QED) is 0.517. The maximum absolute atomic E-state index is 6.47. The van der Waals surface area contributed by atoms with Crippen LogP contribution in [0.5, 0.6) is 17.2 Å². The summed E-state index contributed by atoms with van der Waals surface area (Å²) in [6.45, 7) is 5.24. The molecule has 158 valence electrons. The molecule has 2 aliphatic heterocycles. The number of fused-ring (bicyclic) bond motifs is 3. The largest absolute Gasteiger partial charge is 0.494 e. The molecular weight excluding hydrogens is 388 g/mol. The van der Waals surface area contributed by atoms with E-state index in [1.165, 1.54) is 0 Å². The minimum atomic E-state index is -0.345. The van der Waals surface area contributed by atoms with Crippen LogP contribution in [0.4, 0.5) is 0 Å². The number of nitrogens with zero attached hydrogens (tertiary/aromatic N) is 2. The van der Waals surface area contributed by atoms with Crippen molar-refractivity contribution in [1.82, 2.24) is 5.01 Å². The number of hydrogen-bond donors (Lipinski definition) is 0. The number of rotatable bonds is 6. The fourth-order valence-corrected chi connectivity index (χ4v) is 4.30. The number of benzene rings is 3. The van der Waals surface area contributed by atoms with Gasteiger partial charge in [-0.15, -0.1) is 0 Å². The summed E-state index contributed by atoms with van der Waals surface area (Å²) in [7, 11) is 0. The summed E-state index contributed by atoms with van der Waals surface area (Å²) in [6.07, 6.45) is 0.477. The maximum Gasteiger partial charge on any atom is 0.217 e. The Bertz CT molecular complexity index is 1090. The second kappa shape index (κ2) is 8.34. The lowest BCUT2D eigenvalue weighted by molar-refractivity contribution is -0.0205. The predicted molar refractivity (Wildman–Crippen MR) is 121 cm³/mol. The van der Waals surface area contributed by atoms with E-state index in [1.807, 2.05) is 56.3 Å². The van der Waals surface area contributed by atoms with Crippen LogP contribution >= 0.6 is 0 Å². The van der Waals surface area contributed by atoms with Gasteiger partial charge in [0.2, 0.25) is 6.23 Å². The molecule has 0 spiro atoms. The molecule has 3 aromatic rings. The van der Waals surface area contributed by atoms with Crippen LogP contribution in [0.1, 0.15) is 49.2 Å². The average molecular weight is 415 g/mol. The molecule has 2 unspecified atom stereocenters. The van der Waals surface area contributed by atoms with Crippen molar-refractivity contribution >= 4 is 5.71 Å². The van der Waals surface area contributed by atoms with Crippen molar-refractivity contribution in [3.63, 3.8) is 0 Å². The molecule has 0 N–H and O–H groups in total. The van der Waals surface area contributed by atoms with Gasteiger partial charge in [-0.2, -0.15) is 5.10 Å². The summed E-state index contributed by atoms with van der Waals surface area (Å²) < 4.78 is 18.0. The summed E-state index contributed by atoms with van der Waals surface area (Å²) >= 11 is 0. The van der Waals surface area contributed by atoms with Crippen molar-refractivity contribution in [3.8, 4) is 17.2 Å². The van der Waals surface area contributed by atoms with Crippen LogP contribution in [0.3, 0.4) is 0 Å². The zero-order chi connectivity index (χ0) is 21.2. The molecule has 0 aliphatic carbocycles. The molecule has 3 aromatic carbocycles. The first kappa shape index (κ1) is 19.5. The van der Waals surface area contributed by atoms with Crippen molar-refractivity contribution in [2.75, 3.05) is 13.2 Å². The van der Waals surface area contributed by atoms with Gasteiger partial charge in [0.05, 0.1) is 30.5 Å². The van der Waals surface area contributed by atoms with E-state index in [0.29, 0.717) is 13.2 Å². The summed E-state index contributed by atoms with van der Waals surface area (Å²) in [5.41, 5.74) is 4.30. The van der Waals surface area contributed by atoms with Crippen molar-refractivity contribution in [2.45, 2.75) is 32.5 Å². The Morgan fingerprint density at radius 2 is 1.58 bits per heavy atom. The minimum Gasteiger partial charge on any atom is -0.494 e. The minimum absolute atomic E-state index is 0.117. The zero-order valence-corrected chi connectivity index (χ0v) is 17.8. The Balaban J connectivity index is 1.54. The normalized spacial score (nSPS) is 19.2. The first-order valence-electron chi connectivity index (χ1n) is 10.8. The highest BCUT2D eigenvalue weighted by atomic mass is 16.5. The van der Waals surface area contributed by atoms with Gasteiger partial charge in [0.25, 0.3) is 0 Å². The highest BCUT2D eigenvalue weighted by molar-refractivity contribution is 6.02. The third-order valence-electron chi connectivity index (χ3n) is 5.68. The molecule has 0 saturated carbocycles. The van der Waals surface area contributed by atoms with Crippen molar-refractivity contribution in [3.05, 3.63) is 89.5 Å². The molecule has 2 aliphatic rings. The predicted octanol–water partition coefficient (Wildman–Crippen LogP) is 5.73. The van der Waals surface area contributed by atoms with E-state index in [4.69, 9.17) is 19.3 Å². The molecule has 2 heterocycles. The maximum atomic E-state index is 6.47. The van der Waals surface area contributed by atoms with Gasteiger partial charge < -0.3 is 14.2 Å². The molecule has 5 heteroatoms. The molecule has 0 aromatic heterocycles. The first-order chi connectivity index (χ1) is 15.3. The molecule has 0 fully saturated rings. The lowest BCUT2D eigenvalue weighted by Gasteiger charge is -2.38. The van der Waals surface area contributed by atoms with Gasteiger partial charge in [0, 0.05) is 12.0 Å². The van der Waals surface area contributed by atoms with E-state index in [1.54, 1.807) is 0 Å². The number of hydrogen-bond acceptors (Lipinski definition) is 5. The van der Waals surface area contributed by atoms with Crippen LogP contribution in [0.25, 0.3) is 0 Å². The third-order valence-corrected chi connectivity index (χ3v) is 5.68. The van der Waals surface area contributed by atoms with Gasteiger partial charge in [-0.1, -0.05) is 30.3 Å². The Kier molecular flexibility index (Phi) is 5.24. The number of hydrazone groups is 1. The molecule has 5 nitrogen and oxygen atoms in total. The van der Waals surface area contributed by atoms with Crippen LogP contribution in [0, 0.1) is 0 Å². The van der Waals surface area contributed by atoms with Crippen LogP contribution in [0.15, 0.2) is 77.9 Å². The summed E-state index contributed by atoms with van der Waals surface area (Å²) in [5.74, 6) is 2.61. The van der Waals surface area contributed by atoms with Crippen LogP contribution in [0.2, 0.25) is 0 Å². The smallest absolute Gasteiger partial charge is 0.217 e. The standard InChI is InChI=1S/C26H26N2O3/c1-3-29-19-15-13-18(14-16-19)22-17-23-20-9-5-8-12-25(20)31-26(28(23)27-22)21-10-6-7-11-24(21)30-4-2/h5-16,23,26H,3-4,17H2,1-2H3. The van der Waals surface area contributed by atoms with Crippen LogP contribution in [-0.4, -0.2) is 23.9 Å². The Morgan fingerprint density at radius 1 is 0.871 bits per heavy atom. The molecule has 31 heavy (non-hydrogen) atoms. The topological polar surface area (TPSA) is 43.3 Å². The van der Waals surface area contributed by atoms with E-state index in [-0.39, 0.29) is 12.3 Å². The van der Waals surface area contributed by atoms with Crippen molar-refractivity contribution < 1.29 is 14.2 Å². The Labute approximate surface area is 182 Å².